The Morgan fingerprint density at radius 1 is 1.33 bits per heavy atom. The van der Waals surface area contributed by atoms with E-state index in [1.165, 1.54) is 0 Å². The third kappa shape index (κ3) is 3.02. The predicted molar refractivity (Wildman–Crippen MR) is 85.2 cm³/mol. The van der Waals surface area contributed by atoms with Crippen molar-refractivity contribution < 1.29 is 9.53 Å². The summed E-state index contributed by atoms with van der Waals surface area (Å²) in [5.41, 5.74) is 6.86. The number of fused-ring (bicyclic) bond motifs is 1. The molecule has 0 aromatic heterocycles. The van der Waals surface area contributed by atoms with Crippen LogP contribution in [0.2, 0.25) is 0 Å². The molecule has 1 heterocycles. The highest BCUT2D eigenvalue weighted by molar-refractivity contribution is 7.80. The smallest absolute Gasteiger partial charge is 0.227 e. The van der Waals surface area contributed by atoms with Gasteiger partial charge in [0.15, 0.2) is 0 Å². The highest BCUT2D eigenvalue weighted by Crippen LogP contribution is 2.29. The SMILES string of the molecule is NC(=S)C1CCCC1NC(=O)C1COc2ccccc2C1. The molecule has 0 bridgehead atoms. The third-order valence-electron chi connectivity index (χ3n) is 4.46. The first-order valence-corrected chi connectivity index (χ1v) is 7.86. The van der Waals surface area contributed by atoms with Crippen molar-refractivity contribution in [1.82, 2.24) is 5.32 Å². The molecule has 0 saturated heterocycles. The third-order valence-corrected chi connectivity index (χ3v) is 4.76. The Hall–Kier alpha value is -1.62. The van der Waals surface area contributed by atoms with Crippen LogP contribution < -0.4 is 15.8 Å². The van der Waals surface area contributed by atoms with E-state index in [1.807, 2.05) is 24.3 Å². The van der Waals surface area contributed by atoms with E-state index in [2.05, 4.69) is 5.32 Å². The number of rotatable bonds is 3. The van der Waals surface area contributed by atoms with Gasteiger partial charge in [0.2, 0.25) is 5.91 Å². The Morgan fingerprint density at radius 2 is 2.14 bits per heavy atom. The number of benzene rings is 1. The summed E-state index contributed by atoms with van der Waals surface area (Å²) in [6, 6.07) is 7.98. The highest BCUT2D eigenvalue weighted by atomic mass is 32.1. The second kappa shape index (κ2) is 6.02. The minimum Gasteiger partial charge on any atom is -0.492 e. The fourth-order valence-electron chi connectivity index (χ4n) is 3.27. The van der Waals surface area contributed by atoms with Crippen molar-refractivity contribution in [3.8, 4) is 5.75 Å². The molecule has 4 nitrogen and oxygen atoms in total. The topological polar surface area (TPSA) is 64.3 Å². The summed E-state index contributed by atoms with van der Waals surface area (Å²) in [7, 11) is 0. The molecule has 1 aromatic carbocycles. The number of nitrogens with one attached hydrogen (secondary N) is 1. The van der Waals surface area contributed by atoms with Crippen molar-refractivity contribution >= 4 is 23.1 Å². The molecular weight excluding hydrogens is 284 g/mol. The summed E-state index contributed by atoms with van der Waals surface area (Å²) >= 11 is 5.10. The zero-order valence-electron chi connectivity index (χ0n) is 11.9. The van der Waals surface area contributed by atoms with Crippen LogP contribution in [-0.2, 0) is 11.2 Å². The van der Waals surface area contributed by atoms with Crippen molar-refractivity contribution in [3.05, 3.63) is 29.8 Å². The summed E-state index contributed by atoms with van der Waals surface area (Å²) in [5.74, 6) is 0.953. The van der Waals surface area contributed by atoms with Gasteiger partial charge < -0.3 is 15.8 Å². The maximum Gasteiger partial charge on any atom is 0.227 e. The minimum atomic E-state index is -0.132. The maximum absolute atomic E-state index is 12.5. The second-order valence-electron chi connectivity index (χ2n) is 5.87. The number of amides is 1. The quantitative estimate of drug-likeness (QED) is 0.836. The molecule has 3 rings (SSSR count). The van der Waals surface area contributed by atoms with Crippen LogP contribution in [-0.4, -0.2) is 23.5 Å². The first kappa shape index (κ1) is 14.3. The minimum absolute atomic E-state index is 0.0534. The Labute approximate surface area is 130 Å². The van der Waals surface area contributed by atoms with E-state index < -0.39 is 0 Å². The monoisotopic (exact) mass is 304 g/mol. The summed E-state index contributed by atoms with van der Waals surface area (Å²) in [4.78, 5) is 13.0. The van der Waals surface area contributed by atoms with E-state index in [-0.39, 0.29) is 23.8 Å². The standard InChI is InChI=1S/C16H20N2O2S/c17-15(21)12-5-3-6-13(12)18-16(19)11-8-10-4-1-2-7-14(10)20-9-11/h1-2,4,7,11-13H,3,5-6,8-9H2,(H2,17,21)(H,18,19). The van der Waals surface area contributed by atoms with Gasteiger partial charge in [-0.15, -0.1) is 0 Å². The predicted octanol–water partition coefficient (Wildman–Crippen LogP) is 1.81. The van der Waals surface area contributed by atoms with E-state index >= 15 is 0 Å². The van der Waals surface area contributed by atoms with Crippen molar-refractivity contribution in [3.63, 3.8) is 0 Å². The molecule has 0 radical (unpaired) electrons. The van der Waals surface area contributed by atoms with E-state index in [0.29, 0.717) is 11.6 Å². The molecule has 1 amide bonds. The van der Waals surface area contributed by atoms with Gasteiger partial charge in [0.1, 0.15) is 12.4 Å². The molecule has 3 atom stereocenters. The Kier molecular flexibility index (Phi) is 4.10. The van der Waals surface area contributed by atoms with E-state index in [0.717, 1.165) is 37.0 Å². The molecule has 21 heavy (non-hydrogen) atoms. The largest absolute Gasteiger partial charge is 0.492 e. The number of thiocarbonyl (C=S) groups is 1. The zero-order chi connectivity index (χ0) is 14.8. The Bertz CT molecular complexity index is 561. The molecule has 1 saturated carbocycles. The van der Waals surface area contributed by atoms with Gasteiger partial charge in [-0.1, -0.05) is 36.8 Å². The number of hydrogen-bond acceptors (Lipinski definition) is 3. The van der Waals surface area contributed by atoms with Crippen LogP contribution in [0.1, 0.15) is 24.8 Å². The van der Waals surface area contributed by atoms with Gasteiger partial charge in [0.25, 0.3) is 0 Å². The molecule has 112 valence electrons. The zero-order valence-corrected chi connectivity index (χ0v) is 12.7. The van der Waals surface area contributed by atoms with Crippen molar-refractivity contribution in [2.75, 3.05) is 6.61 Å². The molecule has 5 heteroatoms. The molecule has 1 aliphatic carbocycles. The number of para-hydroxylation sites is 1. The summed E-state index contributed by atoms with van der Waals surface area (Å²) in [6.07, 6.45) is 3.73. The van der Waals surface area contributed by atoms with Crippen LogP contribution in [0.3, 0.4) is 0 Å². The first-order chi connectivity index (χ1) is 10.1. The lowest BCUT2D eigenvalue weighted by Crippen LogP contribution is -2.46. The molecule has 3 unspecified atom stereocenters. The number of hydrogen-bond donors (Lipinski definition) is 2. The number of carbonyl (C=O) groups is 1. The van der Waals surface area contributed by atoms with Gasteiger partial charge in [0.05, 0.1) is 10.9 Å². The van der Waals surface area contributed by atoms with E-state index in [4.69, 9.17) is 22.7 Å². The van der Waals surface area contributed by atoms with Gasteiger partial charge in [-0.3, -0.25) is 4.79 Å². The van der Waals surface area contributed by atoms with Gasteiger partial charge in [-0.05, 0) is 30.9 Å². The van der Waals surface area contributed by atoms with E-state index in [9.17, 15) is 4.79 Å². The maximum atomic E-state index is 12.5. The second-order valence-corrected chi connectivity index (χ2v) is 6.35. The molecule has 1 fully saturated rings. The van der Waals surface area contributed by atoms with Crippen LogP contribution in [0.4, 0.5) is 0 Å². The van der Waals surface area contributed by atoms with Crippen molar-refractivity contribution in [1.29, 1.82) is 0 Å². The summed E-state index contributed by atoms with van der Waals surface area (Å²) < 4.78 is 5.68. The lowest BCUT2D eigenvalue weighted by molar-refractivity contribution is -0.127. The number of nitrogens with two attached hydrogens (primary N) is 1. The summed E-state index contributed by atoms with van der Waals surface area (Å²) in [5, 5.41) is 3.12. The molecule has 1 aliphatic heterocycles. The van der Waals surface area contributed by atoms with Gasteiger partial charge in [0, 0.05) is 12.0 Å². The van der Waals surface area contributed by atoms with Crippen LogP contribution in [0.15, 0.2) is 24.3 Å². The average molecular weight is 304 g/mol. The van der Waals surface area contributed by atoms with Crippen LogP contribution in [0.25, 0.3) is 0 Å². The van der Waals surface area contributed by atoms with Gasteiger partial charge >= 0.3 is 0 Å². The molecule has 2 aliphatic rings. The van der Waals surface area contributed by atoms with Crippen LogP contribution >= 0.6 is 12.2 Å². The normalized spacial score (nSPS) is 27.5. The van der Waals surface area contributed by atoms with Crippen LogP contribution in [0.5, 0.6) is 5.75 Å². The number of carbonyl (C=O) groups excluding carboxylic acids is 1. The molecular formula is C16H20N2O2S. The Balaban J connectivity index is 1.63. The van der Waals surface area contributed by atoms with Crippen molar-refractivity contribution in [2.24, 2.45) is 17.6 Å². The summed E-state index contributed by atoms with van der Waals surface area (Å²) in [6.45, 7) is 0.438. The Morgan fingerprint density at radius 3 is 2.95 bits per heavy atom. The van der Waals surface area contributed by atoms with Gasteiger partial charge in [-0.2, -0.15) is 0 Å². The van der Waals surface area contributed by atoms with E-state index in [1.54, 1.807) is 0 Å². The fraction of sp³-hybridized carbons (Fsp3) is 0.500. The molecule has 1 aromatic rings. The highest BCUT2D eigenvalue weighted by Gasteiger charge is 2.33. The van der Waals surface area contributed by atoms with Crippen molar-refractivity contribution in [2.45, 2.75) is 31.7 Å². The number of ether oxygens (including phenoxy) is 1. The molecule has 0 spiro atoms. The fourth-order valence-corrected chi connectivity index (χ4v) is 3.55. The first-order valence-electron chi connectivity index (χ1n) is 7.45. The van der Waals surface area contributed by atoms with Gasteiger partial charge in [-0.25, -0.2) is 0 Å². The average Bonchev–Trinajstić information content (AvgIpc) is 2.95. The lowest BCUT2D eigenvalue weighted by atomic mass is 9.95. The lowest BCUT2D eigenvalue weighted by Gasteiger charge is -2.27. The molecule has 3 N–H and O–H groups in total. The van der Waals surface area contributed by atoms with Crippen LogP contribution in [0, 0.1) is 11.8 Å².